The van der Waals surface area contributed by atoms with Gasteiger partial charge in [0.15, 0.2) is 0 Å². The first-order chi connectivity index (χ1) is 7.27. The molecule has 15 heavy (non-hydrogen) atoms. The predicted molar refractivity (Wildman–Crippen MR) is 64.3 cm³/mol. The minimum atomic E-state index is -0.467. The molecule has 1 aromatic carbocycles. The molecule has 1 unspecified atom stereocenters. The van der Waals surface area contributed by atoms with E-state index in [-0.39, 0.29) is 0 Å². The molecule has 1 nitrogen and oxygen atoms in total. The molecule has 0 aromatic heterocycles. The van der Waals surface area contributed by atoms with Crippen molar-refractivity contribution in [3.05, 3.63) is 71.8 Å². The summed E-state index contributed by atoms with van der Waals surface area (Å²) in [5, 5.41) is 0. The Labute approximate surface area is 90.6 Å². The Kier molecular flexibility index (Phi) is 2.57. The van der Waals surface area contributed by atoms with Crippen LogP contribution in [0.15, 0.2) is 66.3 Å². The Morgan fingerprint density at radius 2 is 1.87 bits per heavy atom. The van der Waals surface area contributed by atoms with Gasteiger partial charge >= 0.3 is 0 Å². The normalized spacial score (nSPS) is 27.2. The SMILES string of the molecule is CC=C1C=CC=CC1(N)c1ccccc1. The molecule has 0 spiro atoms. The van der Waals surface area contributed by atoms with Crippen LogP contribution >= 0.6 is 0 Å². The monoisotopic (exact) mass is 197 g/mol. The Bertz CT molecular complexity index is 426. The van der Waals surface area contributed by atoms with E-state index in [2.05, 4.69) is 24.3 Å². The molecule has 1 aromatic rings. The van der Waals surface area contributed by atoms with Crippen LogP contribution in [0, 0.1) is 0 Å². The number of hydrogen-bond acceptors (Lipinski definition) is 1. The summed E-state index contributed by atoms with van der Waals surface area (Å²) < 4.78 is 0. The fraction of sp³-hybridized carbons (Fsp3) is 0.143. The van der Waals surface area contributed by atoms with E-state index in [1.807, 2.05) is 43.4 Å². The molecular weight excluding hydrogens is 182 g/mol. The number of nitrogens with two attached hydrogens (primary N) is 1. The standard InChI is InChI=1S/C14H15N/c1-2-12-8-6-7-11-14(12,15)13-9-4-3-5-10-13/h2-11H,15H2,1H3. The van der Waals surface area contributed by atoms with E-state index < -0.39 is 5.54 Å². The molecule has 0 bridgehead atoms. The molecule has 76 valence electrons. The fourth-order valence-corrected chi connectivity index (χ4v) is 1.91. The van der Waals surface area contributed by atoms with Gasteiger partial charge in [-0.3, -0.25) is 0 Å². The molecule has 0 aliphatic heterocycles. The average Bonchev–Trinajstić information content (AvgIpc) is 2.31. The van der Waals surface area contributed by atoms with E-state index in [0.717, 1.165) is 11.1 Å². The van der Waals surface area contributed by atoms with Gasteiger partial charge in [0.25, 0.3) is 0 Å². The van der Waals surface area contributed by atoms with Crippen molar-refractivity contribution >= 4 is 0 Å². The second kappa shape index (κ2) is 3.87. The lowest BCUT2D eigenvalue weighted by atomic mass is 9.80. The Hall–Kier alpha value is -1.60. The zero-order valence-electron chi connectivity index (χ0n) is 8.85. The van der Waals surface area contributed by atoms with Crippen LogP contribution in [0.3, 0.4) is 0 Å². The Morgan fingerprint density at radius 3 is 2.53 bits per heavy atom. The van der Waals surface area contributed by atoms with Gasteiger partial charge in [-0.15, -0.1) is 0 Å². The minimum Gasteiger partial charge on any atom is -0.314 e. The van der Waals surface area contributed by atoms with E-state index in [9.17, 15) is 0 Å². The maximum atomic E-state index is 6.43. The van der Waals surface area contributed by atoms with Crippen molar-refractivity contribution in [1.82, 2.24) is 0 Å². The summed E-state index contributed by atoms with van der Waals surface area (Å²) in [6, 6.07) is 10.2. The Morgan fingerprint density at radius 1 is 1.13 bits per heavy atom. The summed E-state index contributed by atoms with van der Waals surface area (Å²) in [6.45, 7) is 2.02. The summed E-state index contributed by atoms with van der Waals surface area (Å²) in [5.74, 6) is 0. The van der Waals surface area contributed by atoms with Crippen LogP contribution in [0.2, 0.25) is 0 Å². The molecule has 1 heteroatoms. The summed E-state index contributed by atoms with van der Waals surface area (Å²) >= 11 is 0. The van der Waals surface area contributed by atoms with Crippen LogP contribution in [0.5, 0.6) is 0 Å². The van der Waals surface area contributed by atoms with Crippen molar-refractivity contribution in [3.8, 4) is 0 Å². The van der Waals surface area contributed by atoms with Crippen LogP contribution in [0.25, 0.3) is 0 Å². The molecule has 0 saturated carbocycles. The maximum absolute atomic E-state index is 6.43. The minimum absolute atomic E-state index is 0.467. The van der Waals surface area contributed by atoms with E-state index in [0.29, 0.717) is 0 Å². The van der Waals surface area contributed by atoms with E-state index >= 15 is 0 Å². The summed E-state index contributed by atoms with van der Waals surface area (Å²) in [4.78, 5) is 0. The lowest BCUT2D eigenvalue weighted by Crippen LogP contribution is -2.36. The highest BCUT2D eigenvalue weighted by Gasteiger charge is 2.27. The van der Waals surface area contributed by atoms with Crippen molar-refractivity contribution in [3.63, 3.8) is 0 Å². The molecule has 0 heterocycles. The van der Waals surface area contributed by atoms with Crippen molar-refractivity contribution in [1.29, 1.82) is 0 Å². The highest BCUT2D eigenvalue weighted by Crippen LogP contribution is 2.31. The van der Waals surface area contributed by atoms with Crippen molar-refractivity contribution in [2.75, 3.05) is 0 Å². The molecular formula is C14H15N. The van der Waals surface area contributed by atoms with Gasteiger partial charge in [0.1, 0.15) is 0 Å². The quantitative estimate of drug-likeness (QED) is 0.736. The van der Waals surface area contributed by atoms with Crippen molar-refractivity contribution in [2.45, 2.75) is 12.5 Å². The molecule has 2 N–H and O–H groups in total. The van der Waals surface area contributed by atoms with Crippen LogP contribution < -0.4 is 5.73 Å². The summed E-state index contributed by atoms with van der Waals surface area (Å²) in [6.07, 6.45) is 10.2. The molecule has 0 radical (unpaired) electrons. The van der Waals surface area contributed by atoms with Gasteiger partial charge in [-0.25, -0.2) is 0 Å². The number of allylic oxidation sites excluding steroid dienone is 3. The maximum Gasteiger partial charge on any atom is 0.0852 e. The molecule has 0 fully saturated rings. The zero-order chi connectivity index (χ0) is 10.7. The average molecular weight is 197 g/mol. The third-order valence-electron chi connectivity index (χ3n) is 2.79. The van der Waals surface area contributed by atoms with Crippen LogP contribution in [0.4, 0.5) is 0 Å². The van der Waals surface area contributed by atoms with E-state index in [4.69, 9.17) is 5.73 Å². The van der Waals surface area contributed by atoms with Gasteiger partial charge in [0, 0.05) is 0 Å². The van der Waals surface area contributed by atoms with Gasteiger partial charge < -0.3 is 5.73 Å². The van der Waals surface area contributed by atoms with E-state index in [1.165, 1.54) is 0 Å². The molecule has 1 aliphatic rings. The first-order valence-corrected chi connectivity index (χ1v) is 5.14. The van der Waals surface area contributed by atoms with E-state index in [1.54, 1.807) is 0 Å². The second-order valence-electron chi connectivity index (χ2n) is 3.70. The van der Waals surface area contributed by atoms with Gasteiger partial charge in [-0.2, -0.15) is 0 Å². The topological polar surface area (TPSA) is 26.0 Å². The lowest BCUT2D eigenvalue weighted by Gasteiger charge is -2.30. The molecule has 2 rings (SSSR count). The fourth-order valence-electron chi connectivity index (χ4n) is 1.91. The van der Waals surface area contributed by atoms with Crippen LogP contribution in [0.1, 0.15) is 12.5 Å². The van der Waals surface area contributed by atoms with Crippen LogP contribution in [-0.2, 0) is 5.54 Å². The first-order valence-electron chi connectivity index (χ1n) is 5.14. The van der Waals surface area contributed by atoms with Gasteiger partial charge in [-0.05, 0) is 18.1 Å². The summed E-state index contributed by atoms with van der Waals surface area (Å²) in [5.41, 5.74) is 8.22. The second-order valence-corrected chi connectivity index (χ2v) is 3.70. The van der Waals surface area contributed by atoms with Crippen molar-refractivity contribution < 1.29 is 0 Å². The van der Waals surface area contributed by atoms with Gasteiger partial charge in [0.2, 0.25) is 0 Å². The third kappa shape index (κ3) is 1.66. The number of rotatable bonds is 1. The van der Waals surface area contributed by atoms with Gasteiger partial charge in [0.05, 0.1) is 5.54 Å². The molecule has 1 atom stereocenters. The smallest absolute Gasteiger partial charge is 0.0852 e. The first kappa shape index (κ1) is 9.94. The van der Waals surface area contributed by atoms with Crippen LogP contribution in [-0.4, -0.2) is 0 Å². The predicted octanol–water partition coefficient (Wildman–Crippen LogP) is 2.91. The Balaban J connectivity index is 2.51. The largest absolute Gasteiger partial charge is 0.314 e. The van der Waals surface area contributed by atoms with Crippen molar-refractivity contribution in [2.24, 2.45) is 5.73 Å². The number of hydrogen-bond donors (Lipinski definition) is 1. The third-order valence-corrected chi connectivity index (χ3v) is 2.79. The lowest BCUT2D eigenvalue weighted by molar-refractivity contribution is 0.674. The highest BCUT2D eigenvalue weighted by atomic mass is 14.7. The zero-order valence-corrected chi connectivity index (χ0v) is 8.85. The number of benzene rings is 1. The molecule has 0 saturated heterocycles. The highest BCUT2D eigenvalue weighted by molar-refractivity contribution is 5.48. The molecule has 1 aliphatic carbocycles. The molecule has 0 amide bonds. The summed E-state index contributed by atoms with van der Waals surface area (Å²) in [7, 11) is 0. The van der Waals surface area contributed by atoms with Gasteiger partial charge in [-0.1, -0.05) is 60.7 Å².